The third-order valence-corrected chi connectivity index (χ3v) is 6.43. The minimum atomic E-state index is -0.305. The van der Waals surface area contributed by atoms with E-state index >= 15 is 0 Å². The van der Waals surface area contributed by atoms with Crippen molar-refractivity contribution >= 4 is 44.6 Å². The Hall–Kier alpha value is -2.64. The first-order valence-electron chi connectivity index (χ1n) is 10.3. The summed E-state index contributed by atoms with van der Waals surface area (Å²) in [6.07, 6.45) is 2.75. The topological polar surface area (TPSA) is 46.9 Å². The molecule has 7 heteroatoms. The summed E-state index contributed by atoms with van der Waals surface area (Å²) < 4.78 is 17.4. The van der Waals surface area contributed by atoms with E-state index in [2.05, 4.69) is 21.2 Å². The highest BCUT2D eigenvalue weighted by atomic mass is 79.9. The normalized spacial score (nSPS) is 12.1. The highest BCUT2D eigenvalue weighted by Gasteiger charge is 2.23. The predicted octanol–water partition coefficient (Wildman–Crippen LogP) is 6.21. The number of fused-ring (bicyclic) bond motifs is 1. The SMILES string of the molecule is CSCCC(NC(=O)c1ccccc1)c1nc2ccccc2n1Cc1ccc(Br)cc1F. The van der Waals surface area contributed by atoms with Crippen molar-refractivity contribution in [2.45, 2.75) is 19.0 Å². The Morgan fingerprint density at radius 2 is 1.88 bits per heavy atom. The summed E-state index contributed by atoms with van der Waals surface area (Å²) in [5.74, 6) is 1.16. The first-order chi connectivity index (χ1) is 15.6. The third kappa shape index (κ3) is 5.05. The fourth-order valence-electron chi connectivity index (χ4n) is 3.68. The summed E-state index contributed by atoms with van der Waals surface area (Å²) in [5.41, 5.74) is 2.90. The number of carbonyl (C=O) groups is 1. The van der Waals surface area contributed by atoms with Crippen LogP contribution in [-0.2, 0) is 6.54 Å². The summed E-state index contributed by atoms with van der Waals surface area (Å²) in [4.78, 5) is 17.8. The lowest BCUT2D eigenvalue weighted by Crippen LogP contribution is -2.31. The van der Waals surface area contributed by atoms with Crippen LogP contribution in [0.2, 0.25) is 0 Å². The maximum absolute atomic E-state index is 14.7. The number of hydrogen-bond acceptors (Lipinski definition) is 3. The van der Waals surface area contributed by atoms with Gasteiger partial charge in [0.2, 0.25) is 0 Å². The van der Waals surface area contributed by atoms with Gasteiger partial charge in [-0.25, -0.2) is 9.37 Å². The van der Waals surface area contributed by atoms with E-state index in [-0.39, 0.29) is 17.8 Å². The number of para-hydroxylation sites is 2. The van der Waals surface area contributed by atoms with Gasteiger partial charge in [-0.1, -0.05) is 52.3 Å². The van der Waals surface area contributed by atoms with E-state index in [0.717, 1.165) is 22.6 Å². The number of hydrogen-bond donors (Lipinski definition) is 1. The summed E-state index contributed by atoms with van der Waals surface area (Å²) >= 11 is 5.04. The molecule has 3 aromatic carbocycles. The smallest absolute Gasteiger partial charge is 0.251 e. The van der Waals surface area contributed by atoms with Gasteiger partial charge in [0.25, 0.3) is 5.91 Å². The molecule has 4 rings (SSSR count). The van der Waals surface area contributed by atoms with Gasteiger partial charge in [-0.2, -0.15) is 11.8 Å². The molecular formula is C25H23BrFN3OS. The quantitative estimate of drug-likeness (QED) is 0.305. The van der Waals surface area contributed by atoms with Crippen molar-refractivity contribution in [2.24, 2.45) is 0 Å². The third-order valence-electron chi connectivity index (χ3n) is 5.29. The summed E-state index contributed by atoms with van der Waals surface area (Å²) in [6, 6.07) is 21.7. The molecule has 0 saturated heterocycles. The Labute approximate surface area is 199 Å². The molecule has 4 aromatic rings. The van der Waals surface area contributed by atoms with Crippen LogP contribution in [0.3, 0.4) is 0 Å². The molecule has 1 N–H and O–H groups in total. The van der Waals surface area contributed by atoms with Gasteiger partial charge in [-0.05, 0) is 54.8 Å². The molecule has 0 bridgehead atoms. The maximum atomic E-state index is 14.7. The second-order valence-corrected chi connectivity index (χ2v) is 9.36. The van der Waals surface area contributed by atoms with E-state index in [4.69, 9.17) is 4.98 Å². The number of nitrogens with zero attached hydrogens (tertiary/aromatic N) is 2. The minimum absolute atomic E-state index is 0.148. The molecule has 0 saturated carbocycles. The number of imidazole rings is 1. The molecular weight excluding hydrogens is 489 g/mol. The number of carbonyl (C=O) groups excluding carboxylic acids is 1. The second-order valence-electron chi connectivity index (χ2n) is 7.45. The molecule has 1 heterocycles. The van der Waals surface area contributed by atoms with E-state index in [9.17, 15) is 9.18 Å². The number of halogens is 2. The van der Waals surface area contributed by atoms with E-state index < -0.39 is 0 Å². The van der Waals surface area contributed by atoms with E-state index in [0.29, 0.717) is 28.6 Å². The lowest BCUT2D eigenvalue weighted by atomic mass is 10.1. The Balaban J connectivity index is 1.75. The lowest BCUT2D eigenvalue weighted by molar-refractivity contribution is 0.0933. The predicted molar refractivity (Wildman–Crippen MR) is 133 cm³/mol. The Morgan fingerprint density at radius 1 is 1.12 bits per heavy atom. The van der Waals surface area contributed by atoms with Crippen molar-refractivity contribution in [1.82, 2.24) is 14.9 Å². The zero-order chi connectivity index (χ0) is 22.5. The van der Waals surface area contributed by atoms with Crippen LogP contribution in [0.1, 0.15) is 34.2 Å². The summed E-state index contributed by atoms with van der Waals surface area (Å²) in [5, 5.41) is 3.16. The van der Waals surface area contributed by atoms with Crippen LogP contribution in [0, 0.1) is 5.82 Å². The summed E-state index contributed by atoms with van der Waals surface area (Å²) in [7, 11) is 0. The van der Waals surface area contributed by atoms with Gasteiger partial charge in [-0.15, -0.1) is 0 Å². The van der Waals surface area contributed by atoms with Gasteiger partial charge in [0, 0.05) is 15.6 Å². The summed E-state index contributed by atoms with van der Waals surface area (Å²) in [6.45, 7) is 0.325. The fraction of sp³-hybridized carbons (Fsp3) is 0.200. The van der Waals surface area contributed by atoms with Crippen LogP contribution in [0.4, 0.5) is 4.39 Å². The molecule has 1 aromatic heterocycles. The van der Waals surface area contributed by atoms with Crippen molar-refractivity contribution in [3.8, 4) is 0 Å². The maximum Gasteiger partial charge on any atom is 0.251 e. The fourth-order valence-corrected chi connectivity index (χ4v) is 4.48. The largest absolute Gasteiger partial charge is 0.342 e. The van der Waals surface area contributed by atoms with Crippen molar-refractivity contribution < 1.29 is 9.18 Å². The van der Waals surface area contributed by atoms with Crippen LogP contribution in [-0.4, -0.2) is 27.5 Å². The van der Waals surface area contributed by atoms with E-state index in [1.165, 1.54) is 6.07 Å². The number of amides is 1. The van der Waals surface area contributed by atoms with Crippen LogP contribution in [0.15, 0.2) is 77.3 Å². The van der Waals surface area contributed by atoms with Crippen molar-refractivity contribution in [1.29, 1.82) is 0 Å². The van der Waals surface area contributed by atoms with E-state index in [1.807, 2.05) is 59.4 Å². The number of rotatable bonds is 8. The van der Waals surface area contributed by atoms with Crippen LogP contribution in [0.25, 0.3) is 11.0 Å². The Morgan fingerprint density at radius 3 is 2.62 bits per heavy atom. The first-order valence-corrected chi connectivity index (χ1v) is 12.5. The molecule has 0 aliphatic rings. The van der Waals surface area contributed by atoms with E-state index in [1.54, 1.807) is 30.0 Å². The van der Waals surface area contributed by atoms with Crippen LogP contribution < -0.4 is 5.32 Å². The van der Waals surface area contributed by atoms with Gasteiger partial charge < -0.3 is 9.88 Å². The van der Waals surface area contributed by atoms with Crippen molar-refractivity contribution in [2.75, 3.05) is 12.0 Å². The minimum Gasteiger partial charge on any atom is -0.342 e. The molecule has 0 spiro atoms. The molecule has 32 heavy (non-hydrogen) atoms. The molecule has 0 fully saturated rings. The molecule has 0 radical (unpaired) electrons. The Bertz CT molecular complexity index is 1230. The monoisotopic (exact) mass is 511 g/mol. The molecule has 1 amide bonds. The average molecular weight is 512 g/mol. The molecule has 164 valence electrons. The number of nitrogens with one attached hydrogen (secondary N) is 1. The van der Waals surface area contributed by atoms with Crippen molar-refractivity contribution in [3.63, 3.8) is 0 Å². The highest BCUT2D eigenvalue weighted by molar-refractivity contribution is 9.10. The van der Waals surface area contributed by atoms with Gasteiger partial charge in [0.15, 0.2) is 0 Å². The second kappa shape index (κ2) is 10.3. The standard InChI is InChI=1S/C25H23BrFN3OS/c1-32-14-13-22(29-25(31)17-7-3-2-4-8-17)24-28-21-9-5-6-10-23(21)30(24)16-18-11-12-19(26)15-20(18)27/h2-12,15,22H,13-14,16H2,1H3,(H,29,31). The number of benzene rings is 3. The van der Waals surface area contributed by atoms with Crippen molar-refractivity contribution in [3.05, 3.63) is 100 Å². The van der Waals surface area contributed by atoms with Gasteiger partial charge >= 0.3 is 0 Å². The number of thioether (sulfide) groups is 1. The van der Waals surface area contributed by atoms with Crippen LogP contribution >= 0.6 is 27.7 Å². The molecule has 1 atom stereocenters. The van der Waals surface area contributed by atoms with Crippen LogP contribution in [0.5, 0.6) is 0 Å². The van der Waals surface area contributed by atoms with Gasteiger partial charge in [0.05, 0.1) is 23.6 Å². The molecule has 0 aliphatic heterocycles. The number of aromatic nitrogens is 2. The molecule has 4 nitrogen and oxygen atoms in total. The van der Waals surface area contributed by atoms with Gasteiger partial charge in [0.1, 0.15) is 11.6 Å². The molecule has 1 unspecified atom stereocenters. The van der Waals surface area contributed by atoms with Gasteiger partial charge in [-0.3, -0.25) is 4.79 Å². The zero-order valence-electron chi connectivity index (χ0n) is 17.6. The first kappa shape index (κ1) is 22.6. The highest BCUT2D eigenvalue weighted by Crippen LogP contribution is 2.27. The average Bonchev–Trinajstić information content (AvgIpc) is 3.17. The Kier molecular flexibility index (Phi) is 7.27. The zero-order valence-corrected chi connectivity index (χ0v) is 20.0. The lowest BCUT2D eigenvalue weighted by Gasteiger charge is -2.20. The molecule has 0 aliphatic carbocycles.